The number of ether oxygens (including phenoxy) is 3. The zero-order valence-electron chi connectivity index (χ0n) is 34.1. The predicted molar refractivity (Wildman–Crippen MR) is 256 cm³/mol. The second kappa shape index (κ2) is 25.0. The number of anilines is 3. The zero-order valence-corrected chi connectivity index (χ0v) is 39.9. The topological polar surface area (TPSA) is 162 Å². The Labute approximate surface area is 396 Å². The normalized spacial score (nSPS) is 13.0. The minimum atomic E-state index is -0.657. The number of hydrazone groups is 1. The number of hydrogen-bond acceptors (Lipinski definition) is 11. The van der Waals surface area contributed by atoms with E-state index in [1.165, 1.54) is 0 Å². The minimum absolute atomic E-state index is 0.000441. The summed E-state index contributed by atoms with van der Waals surface area (Å²) in [7, 11) is 3.22. The van der Waals surface area contributed by atoms with Crippen molar-refractivity contribution >= 4 is 115 Å². The van der Waals surface area contributed by atoms with Crippen molar-refractivity contribution in [2.24, 2.45) is 5.10 Å². The van der Waals surface area contributed by atoms with Crippen LogP contribution in [0.25, 0.3) is 5.69 Å². The van der Waals surface area contributed by atoms with Gasteiger partial charge in [-0.1, -0.05) is 36.2 Å². The van der Waals surface area contributed by atoms with Gasteiger partial charge in [0.2, 0.25) is 5.17 Å². The number of esters is 1. The Bertz CT molecular complexity index is 2390. The van der Waals surface area contributed by atoms with Gasteiger partial charge in [0.25, 0.3) is 11.8 Å². The molecule has 0 aliphatic carbocycles. The number of carbonyl (C=O) groups is 3. The molecular weight excluding hydrogens is 1070 g/mol. The van der Waals surface area contributed by atoms with E-state index in [1.807, 2.05) is 77.7 Å². The lowest BCUT2D eigenvalue weighted by atomic mass is 10.0. The fourth-order valence-corrected chi connectivity index (χ4v) is 7.04. The van der Waals surface area contributed by atoms with Crippen molar-refractivity contribution in [2.75, 3.05) is 49.1 Å². The number of halogens is 4. The van der Waals surface area contributed by atoms with Gasteiger partial charge in [-0.05, 0) is 168 Å². The highest BCUT2D eigenvalue weighted by atomic mass is 127. The van der Waals surface area contributed by atoms with Crippen molar-refractivity contribution in [1.29, 1.82) is 0 Å². The Kier molecular flexibility index (Phi) is 19.9. The van der Waals surface area contributed by atoms with Gasteiger partial charge in [-0.3, -0.25) is 15.0 Å². The molecule has 7 rings (SSSR count). The number of amides is 2. The summed E-state index contributed by atoms with van der Waals surface area (Å²) in [5.74, 6) is 0.748. The third-order valence-electron chi connectivity index (χ3n) is 8.97. The predicted octanol–water partition coefficient (Wildman–Crippen LogP) is 9.04. The van der Waals surface area contributed by atoms with Gasteiger partial charge in [0, 0.05) is 37.2 Å². The quantitative estimate of drug-likeness (QED) is 0.0619. The molecule has 2 amide bonds. The molecule has 5 aromatic rings. The summed E-state index contributed by atoms with van der Waals surface area (Å²) in [4.78, 5) is 56.0. The molecule has 4 aromatic carbocycles. The van der Waals surface area contributed by atoms with E-state index >= 15 is 0 Å². The van der Waals surface area contributed by atoms with Gasteiger partial charge in [0.1, 0.15) is 22.2 Å². The third-order valence-corrected chi connectivity index (χ3v) is 11.0. The Hall–Kier alpha value is -5.27. The molecule has 18 heteroatoms. The Balaban J connectivity index is 0.000000209. The maximum Gasteiger partial charge on any atom is 0.373 e. The van der Waals surface area contributed by atoms with Crippen molar-refractivity contribution in [2.45, 2.75) is 33.1 Å². The van der Waals surface area contributed by atoms with Crippen LogP contribution in [0.3, 0.4) is 0 Å². The molecule has 0 radical (unpaired) electrons. The van der Waals surface area contributed by atoms with Crippen molar-refractivity contribution in [3.05, 3.63) is 132 Å². The lowest BCUT2D eigenvalue weighted by Gasteiger charge is -2.28. The van der Waals surface area contributed by atoms with Gasteiger partial charge in [-0.15, -0.1) is 0 Å². The number of nitrogens with one attached hydrogen (secondary N) is 1. The van der Waals surface area contributed by atoms with Crippen LogP contribution in [0.4, 0.5) is 17.1 Å². The molecule has 0 saturated carbocycles. The lowest BCUT2D eigenvalue weighted by Crippen LogP contribution is -2.38. The highest BCUT2D eigenvalue weighted by Crippen LogP contribution is 2.30. The summed E-state index contributed by atoms with van der Waals surface area (Å²) in [5.41, 5.74) is 8.75. The molecule has 1 N–H and O–H groups in total. The number of benzene rings is 4. The van der Waals surface area contributed by atoms with Crippen molar-refractivity contribution < 1.29 is 38.2 Å². The standard InChI is InChI=1S/C21H20IN3O2.C11H9ClINO.C11H13ClN2O3.CO2/c1-3-19-18-12-13-24(15-6-4-14(22)5-7-15)21(26)20(18)25(23-19)16-8-10-17(27-2)11-9-16;12-10-2-1-7-14(11(10)15)9-5-3-8(13)4-6-9;1-3-17-11(15)10(12)14-13-8-4-6-9(16-2)7-5-8;2-1-3/h4-11H,3,12-13H2,1-2H3;2-6H,1,7H2;4-7,13H,3H2,1-2H3;/b;;14-10-;. The highest BCUT2D eigenvalue weighted by molar-refractivity contribution is 14.1. The fraction of sp³-hybridized carbons (Fsp3) is 0.227. The zero-order chi connectivity index (χ0) is 45.2. The first-order valence-electron chi connectivity index (χ1n) is 18.9. The van der Waals surface area contributed by atoms with Gasteiger partial charge in [-0.2, -0.15) is 19.8 Å². The average Bonchev–Trinajstić information content (AvgIpc) is 3.68. The molecule has 2 aliphatic heterocycles. The molecule has 0 atom stereocenters. The second-order valence-corrected chi connectivity index (χ2v) is 16.0. The molecule has 3 heterocycles. The van der Waals surface area contributed by atoms with Gasteiger partial charge in [0.15, 0.2) is 0 Å². The van der Waals surface area contributed by atoms with Crippen LogP contribution in [-0.2, 0) is 36.8 Å². The first-order chi connectivity index (χ1) is 29.9. The molecule has 0 unspecified atom stereocenters. The number of fused-ring (bicyclic) bond motifs is 1. The van der Waals surface area contributed by atoms with Crippen LogP contribution in [-0.4, -0.2) is 72.8 Å². The first kappa shape index (κ1) is 49.4. The van der Waals surface area contributed by atoms with Gasteiger partial charge >= 0.3 is 12.1 Å². The van der Waals surface area contributed by atoms with Crippen molar-refractivity contribution in [3.63, 3.8) is 0 Å². The molecule has 0 bridgehead atoms. The molecule has 0 spiro atoms. The number of methoxy groups -OCH3 is 2. The van der Waals surface area contributed by atoms with Crippen LogP contribution in [0.1, 0.15) is 42.0 Å². The minimum Gasteiger partial charge on any atom is -0.497 e. The number of nitrogens with zero attached hydrogens (tertiary/aromatic N) is 5. The van der Waals surface area contributed by atoms with E-state index in [2.05, 4.69) is 67.4 Å². The molecular formula is C44H42Cl2I2N6O8. The molecule has 0 fully saturated rings. The van der Waals surface area contributed by atoms with Crippen LogP contribution in [0.2, 0.25) is 0 Å². The van der Waals surface area contributed by atoms with Crippen LogP contribution in [0.5, 0.6) is 11.5 Å². The van der Waals surface area contributed by atoms with E-state index in [0.29, 0.717) is 29.5 Å². The molecule has 0 saturated heterocycles. The first-order valence-corrected chi connectivity index (χ1v) is 21.9. The van der Waals surface area contributed by atoms with E-state index in [4.69, 9.17) is 47.4 Å². The van der Waals surface area contributed by atoms with E-state index in [9.17, 15) is 14.4 Å². The lowest BCUT2D eigenvalue weighted by molar-refractivity contribution is -0.191. The van der Waals surface area contributed by atoms with Crippen LogP contribution < -0.4 is 24.7 Å². The fourth-order valence-electron chi connectivity index (χ4n) is 6.01. The van der Waals surface area contributed by atoms with Gasteiger partial charge < -0.3 is 24.0 Å². The molecule has 1 aromatic heterocycles. The largest absolute Gasteiger partial charge is 0.497 e. The van der Waals surface area contributed by atoms with E-state index in [1.54, 1.807) is 61.1 Å². The van der Waals surface area contributed by atoms with E-state index in [-0.39, 0.29) is 29.7 Å². The van der Waals surface area contributed by atoms with Crippen LogP contribution >= 0.6 is 68.4 Å². The number of carbonyl (C=O) groups excluding carboxylic acids is 5. The van der Waals surface area contributed by atoms with E-state index in [0.717, 1.165) is 66.2 Å². The molecule has 324 valence electrons. The van der Waals surface area contributed by atoms with Gasteiger partial charge in [0.05, 0.1) is 37.9 Å². The third kappa shape index (κ3) is 13.6. The molecule has 2 aliphatic rings. The number of hydrogen-bond donors (Lipinski definition) is 1. The summed E-state index contributed by atoms with van der Waals surface area (Å²) in [6.45, 7) is 5.41. The molecule has 62 heavy (non-hydrogen) atoms. The molecule has 14 nitrogen and oxygen atoms in total. The maximum absolute atomic E-state index is 13.4. The Morgan fingerprint density at radius 1 is 0.790 bits per heavy atom. The van der Waals surface area contributed by atoms with Crippen LogP contribution in [0.15, 0.2) is 113 Å². The summed E-state index contributed by atoms with van der Waals surface area (Å²) in [6, 6.07) is 30.5. The number of aryl methyl sites for hydroxylation is 1. The number of aromatic nitrogens is 2. The van der Waals surface area contributed by atoms with Crippen molar-refractivity contribution in [1.82, 2.24) is 9.78 Å². The second-order valence-electron chi connectivity index (χ2n) is 12.7. The smallest absolute Gasteiger partial charge is 0.373 e. The highest BCUT2D eigenvalue weighted by Gasteiger charge is 2.32. The average molecular weight is 1110 g/mol. The monoisotopic (exact) mass is 1110 g/mol. The summed E-state index contributed by atoms with van der Waals surface area (Å²) in [6.07, 6.45) is 4.46. The Morgan fingerprint density at radius 3 is 1.79 bits per heavy atom. The SMILES string of the molecule is CCOC(=O)/C(Cl)=N/Nc1ccc(OC)cc1.CCc1nn(-c2ccc(OC)cc2)c2c1CCN(c1ccc(I)cc1)C2=O.O=C1C(Cl)=CCCN1c1ccc(I)cc1.O=C=O. The Morgan fingerprint density at radius 2 is 1.29 bits per heavy atom. The maximum atomic E-state index is 13.4. The summed E-state index contributed by atoms with van der Waals surface area (Å²) >= 11 is 15.9. The number of rotatable bonds is 10. The van der Waals surface area contributed by atoms with Crippen LogP contribution in [0, 0.1) is 7.14 Å². The van der Waals surface area contributed by atoms with E-state index < -0.39 is 5.97 Å². The van der Waals surface area contributed by atoms with Crippen molar-refractivity contribution in [3.8, 4) is 17.2 Å². The summed E-state index contributed by atoms with van der Waals surface area (Å²) < 4.78 is 19.0. The van der Waals surface area contributed by atoms with Gasteiger partial charge in [-0.25, -0.2) is 9.48 Å². The summed E-state index contributed by atoms with van der Waals surface area (Å²) in [5, 5.41) is 8.51.